The summed E-state index contributed by atoms with van der Waals surface area (Å²) in [6, 6.07) is 0.552. The highest BCUT2D eigenvalue weighted by Gasteiger charge is 2.35. The van der Waals surface area contributed by atoms with E-state index in [0.717, 1.165) is 19.5 Å². The number of ether oxygens (including phenoxy) is 1. The molecule has 2 atom stereocenters. The standard InChI is InChI=1S/C10H19N3O2/c1-12-4-2-3-8(12)6-13-9(5-11)7-15-10(13)14/h8-9H,2-7,11H2,1H3. The highest BCUT2D eigenvalue weighted by Crippen LogP contribution is 2.19. The van der Waals surface area contributed by atoms with Crippen molar-refractivity contribution in [3.8, 4) is 0 Å². The van der Waals surface area contributed by atoms with Crippen LogP contribution in [0.5, 0.6) is 0 Å². The van der Waals surface area contributed by atoms with Crippen molar-refractivity contribution in [3.05, 3.63) is 0 Å². The van der Waals surface area contributed by atoms with Crippen LogP contribution in [0.1, 0.15) is 12.8 Å². The minimum atomic E-state index is -0.203. The van der Waals surface area contributed by atoms with Crippen molar-refractivity contribution in [2.75, 3.05) is 33.3 Å². The van der Waals surface area contributed by atoms with Crippen molar-refractivity contribution in [1.82, 2.24) is 9.80 Å². The van der Waals surface area contributed by atoms with Crippen LogP contribution in [0, 0.1) is 0 Å². The SMILES string of the molecule is CN1CCCC1CN1C(=O)OCC1CN. The zero-order chi connectivity index (χ0) is 10.8. The fourth-order valence-corrected chi connectivity index (χ4v) is 2.35. The van der Waals surface area contributed by atoms with Gasteiger partial charge in [-0.3, -0.25) is 4.90 Å². The molecular weight excluding hydrogens is 194 g/mol. The third kappa shape index (κ3) is 2.08. The summed E-state index contributed by atoms with van der Waals surface area (Å²) in [5.74, 6) is 0. The number of rotatable bonds is 3. The van der Waals surface area contributed by atoms with Gasteiger partial charge in [-0.15, -0.1) is 0 Å². The number of nitrogens with two attached hydrogens (primary N) is 1. The van der Waals surface area contributed by atoms with Gasteiger partial charge in [0, 0.05) is 19.1 Å². The van der Waals surface area contributed by atoms with Gasteiger partial charge in [0.25, 0.3) is 0 Å². The molecule has 1 amide bonds. The molecular formula is C10H19N3O2. The van der Waals surface area contributed by atoms with E-state index in [2.05, 4.69) is 11.9 Å². The molecule has 0 radical (unpaired) electrons. The topological polar surface area (TPSA) is 58.8 Å². The van der Waals surface area contributed by atoms with E-state index >= 15 is 0 Å². The van der Waals surface area contributed by atoms with Gasteiger partial charge in [-0.25, -0.2) is 4.79 Å². The second-order valence-corrected chi connectivity index (χ2v) is 4.40. The van der Waals surface area contributed by atoms with Crippen molar-refractivity contribution in [2.45, 2.75) is 24.9 Å². The van der Waals surface area contributed by atoms with E-state index in [4.69, 9.17) is 10.5 Å². The Balaban J connectivity index is 1.94. The van der Waals surface area contributed by atoms with Crippen LogP contribution in [0.4, 0.5) is 4.79 Å². The molecule has 0 bridgehead atoms. The van der Waals surface area contributed by atoms with Crippen LogP contribution < -0.4 is 5.73 Å². The predicted octanol–water partition coefficient (Wildman–Crippen LogP) is -0.140. The van der Waals surface area contributed by atoms with Crippen LogP contribution in [0.3, 0.4) is 0 Å². The van der Waals surface area contributed by atoms with Crippen LogP contribution in [0.2, 0.25) is 0 Å². The molecule has 2 saturated heterocycles. The Morgan fingerprint density at radius 1 is 1.53 bits per heavy atom. The maximum absolute atomic E-state index is 11.5. The first-order valence-electron chi connectivity index (χ1n) is 5.56. The number of hydrogen-bond acceptors (Lipinski definition) is 4. The van der Waals surface area contributed by atoms with Gasteiger partial charge in [0.05, 0.1) is 6.04 Å². The summed E-state index contributed by atoms with van der Waals surface area (Å²) in [5.41, 5.74) is 5.61. The molecule has 0 aromatic rings. The molecule has 2 rings (SSSR count). The summed E-state index contributed by atoms with van der Waals surface area (Å²) >= 11 is 0. The largest absolute Gasteiger partial charge is 0.447 e. The van der Waals surface area contributed by atoms with Crippen LogP contribution in [-0.2, 0) is 4.74 Å². The number of nitrogens with zero attached hydrogens (tertiary/aromatic N) is 2. The van der Waals surface area contributed by atoms with Gasteiger partial charge in [0.15, 0.2) is 0 Å². The van der Waals surface area contributed by atoms with E-state index in [1.165, 1.54) is 6.42 Å². The van der Waals surface area contributed by atoms with Crippen LogP contribution in [0.25, 0.3) is 0 Å². The first-order valence-corrected chi connectivity index (χ1v) is 5.56. The van der Waals surface area contributed by atoms with Gasteiger partial charge in [0.1, 0.15) is 6.61 Å². The third-order valence-corrected chi connectivity index (χ3v) is 3.43. The van der Waals surface area contributed by atoms with Crippen LogP contribution in [0.15, 0.2) is 0 Å². The van der Waals surface area contributed by atoms with Gasteiger partial charge in [-0.1, -0.05) is 0 Å². The fourth-order valence-electron chi connectivity index (χ4n) is 2.35. The predicted molar refractivity (Wildman–Crippen MR) is 56.5 cm³/mol. The van der Waals surface area contributed by atoms with E-state index in [0.29, 0.717) is 19.2 Å². The second kappa shape index (κ2) is 4.37. The van der Waals surface area contributed by atoms with Crippen molar-refractivity contribution >= 4 is 6.09 Å². The fraction of sp³-hybridized carbons (Fsp3) is 0.900. The zero-order valence-electron chi connectivity index (χ0n) is 9.19. The summed E-state index contributed by atoms with van der Waals surface area (Å²) in [7, 11) is 2.11. The summed E-state index contributed by atoms with van der Waals surface area (Å²) in [6.07, 6.45) is 2.18. The number of amides is 1. The Bertz CT molecular complexity index is 247. The number of likely N-dealkylation sites (N-methyl/N-ethyl adjacent to an activating group) is 1. The molecule has 86 valence electrons. The number of likely N-dealkylation sites (tertiary alicyclic amines) is 1. The van der Waals surface area contributed by atoms with E-state index in [1.807, 2.05) is 0 Å². The van der Waals surface area contributed by atoms with Gasteiger partial charge in [-0.05, 0) is 26.4 Å². The van der Waals surface area contributed by atoms with Gasteiger partial charge >= 0.3 is 6.09 Å². The molecule has 0 spiro atoms. The Morgan fingerprint density at radius 3 is 2.93 bits per heavy atom. The van der Waals surface area contributed by atoms with Crippen molar-refractivity contribution in [1.29, 1.82) is 0 Å². The lowest BCUT2D eigenvalue weighted by molar-refractivity contribution is 0.147. The van der Waals surface area contributed by atoms with E-state index < -0.39 is 0 Å². The average Bonchev–Trinajstić information content (AvgIpc) is 2.77. The van der Waals surface area contributed by atoms with E-state index in [9.17, 15) is 4.79 Å². The Kier molecular flexibility index (Phi) is 3.11. The molecule has 2 fully saturated rings. The van der Waals surface area contributed by atoms with Crippen molar-refractivity contribution < 1.29 is 9.53 Å². The number of carbonyl (C=O) groups excluding carboxylic acids is 1. The van der Waals surface area contributed by atoms with Gasteiger partial charge in [-0.2, -0.15) is 0 Å². The lowest BCUT2D eigenvalue weighted by Gasteiger charge is -2.27. The van der Waals surface area contributed by atoms with Gasteiger partial charge in [0.2, 0.25) is 0 Å². The highest BCUT2D eigenvalue weighted by atomic mass is 16.6. The van der Waals surface area contributed by atoms with Crippen LogP contribution >= 0.6 is 0 Å². The van der Waals surface area contributed by atoms with E-state index in [-0.39, 0.29) is 12.1 Å². The number of hydrogen-bond donors (Lipinski definition) is 1. The minimum absolute atomic E-state index is 0.0755. The quantitative estimate of drug-likeness (QED) is 0.709. The molecule has 0 saturated carbocycles. The Morgan fingerprint density at radius 2 is 2.33 bits per heavy atom. The molecule has 2 aliphatic heterocycles. The van der Waals surface area contributed by atoms with E-state index in [1.54, 1.807) is 4.90 Å². The maximum atomic E-state index is 11.5. The molecule has 0 aliphatic carbocycles. The molecule has 5 heteroatoms. The maximum Gasteiger partial charge on any atom is 0.410 e. The molecule has 2 aliphatic rings. The monoisotopic (exact) mass is 213 g/mol. The first-order chi connectivity index (χ1) is 7.22. The molecule has 2 heterocycles. The Labute approximate surface area is 90.1 Å². The molecule has 0 aromatic heterocycles. The highest BCUT2D eigenvalue weighted by molar-refractivity contribution is 5.70. The van der Waals surface area contributed by atoms with Crippen molar-refractivity contribution in [2.24, 2.45) is 5.73 Å². The molecule has 5 nitrogen and oxygen atoms in total. The smallest absolute Gasteiger partial charge is 0.410 e. The van der Waals surface area contributed by atoms with Gasteiger partial charge < -0.3 is 15.4 Å². The van der Waals surface area contributed by atoms with Crippen LogP contribution in [-0.4, -0.2) is 61.3 Å². The lowest BCUT2D eigenvalue weighted by atomic mass is 10.2. The minimum Gasteiger partial charge on any atom is -0.447 e. The number of carbonyl (C=O) groups is 1. The summed E-state index contributed by atoms with van der Waals surface area (Å²) in [4.78, 5) is 15.6. The lowest BCUT2D eigenvalue weighted by Crippen LogP contribution is -2.45. The zero-order valence-corrected chi connectivity index (χ0v) is 9.19. The Hall–Kier alpha value is -0.810. The number of cyclic esters (lactones) is 1. The van der Waals surface area contributed by atoms with Crippen molar-refractivity contribution in [3.63, 3.8) is 0 Å². The average molecular weight is 213 g/mol. The molecule has 0 aromatic carbocycles. The second-order valence-electron chi connectivity index (χ2n) is 4.40. The molecule has 15 heavy (non-hydrogen) atoms. The summed E-state index contributed by atoms with van der Waals surface area (Å²) < 4.78 is 5.00. The first kappa shape index (κ1) is 10.7. The molecule has 2 unspecified atom stereocenters. The summed E-state index contributed by atoms with van der Waals surface area (Å²) in [5, 5.41) is 0. The normalized spacial score (nSPS) is 32.4. The molecule has 2 N–H and O–H groups in total. The third-order valence-electron chi connectivity index (χ3n) is 3.43. The summed E-state index contributed by atoms with van der Waals surface area (Å²) in [6.45, 7) is 2.83.